The highest BCUT2D eigenvalue weighted by Crippen LogP contribution is 2.31. The van der Waals surface area contributed by atoms with Crippen LogP contribution >= 0.6 is 11.6 Å². The minimum absolute atomic E-state index is 0.0726. The van der Waals surface area contributed by atoms with Crippen molar-refractivity contribution in [3.8, 4) is 0 Å². The monoisotopic (exact) mass is 247 g/mol. The van der Waals surface area contributed by atoms with Gasteiger partial charge in [0.1, 0.15) is 5.54 Å². The Bertz CT molecular complexity index is 295. The van der Waals surface area contributed by atoms with Crippen molar-refractivity contribution in [3.63, 3.8) is 0 Å². The fraction of sp³-hybridized carbons (Fsp3) is 0.727. The molecule has 16 heavy (non-hydrogen) atoms. The molecule has 0 aromatic carbocycles. The predicted molar refractivity (Wildman–Crippen MR) is 62.7 cm³/mol. The molecule has 5 heteroatoms. The van der Waals surface area contributed by atoms with E-state index in [9.17, 15) is 15.0 Å². The summed E-state index contributed by atoms with van der Waals surface area (Å²) in [4.78, 5) is 11.3. The first-order valence-electron chi connectivity index (χ1n) is 5.43. The number of aliphatic hydroxyl groups is 1. The lowest BCUT2D eigenvalue weighted by atomic mass is 9.85. The minimum atomic E-state index is -1.21. The van der Waals surface area contributed by atoms with Crippen molar-refractivity contribution in [2.24, 2.45) is 0 Å². The summed E-state index contributed by atoms with van der Waals surface area (Å²) < 4.78 is 0. The lowest BCUT2D eigenvalue weighted by Crippen LogP contribution is -2.52. The van der Waals surface area contributed by atoms with E-state index in [2.05, 4.69) is 11.9 Å². The first-order chi connectivity index (χ1) is 7.44. The van der Waals surface area contributed by atoms with Crippen LogP contribution in [-0.2, 0) is 4.79 Å². The van der Waals surface area contributed by atoms with Gasteiger partial charge in [-0.3, -0.25) is 5.32 Å². The summed E-state index contributed by atoms with van der Waals surface area (Å²) in [6.07, 6.45) is 0.455. The molecule has 1 aliphatic heterocycles. The van der Waals surface area contributed by atoms with Gasteiger partial charge in [-0.2, -0.15) is 0 Å². The molecule has 0 aromatic heterocycles. The van der Waals surface area contributed by atoms with E-state index < -0.39 is 23.0 Å². The van der Waals surface area contributed by atoms with Crippen LogP contribution < -0.4 is 5.32 Å². The van der Waals surface area contributed by atoms with Crippen molar-refractivity contribution < 1.29 is 15.0 Å². The molecule has 1 aliphatic rings. The topological polar surface area (TPSA) is 69.6 Å². The Labute approximate surface area is 100 Å². The van der Waals surface area contributed by atoms with Gasteiger partial charge in [-0.05, 0) is 18.4 Å². The number of carboxylic acid groups (broad SMARTS) is 1. The molecule has 1 fully saturated rings. The van der Waals surface area contributed by atoms with Crippen molar-refractivity contribution in [2.45, 2.75) is 43.2 Å². The smallest absolute Gasteiger partial charge is 0.328 e. The largest absolute Gasteiger partial charge is 0.480 e. The minimum Gasteiger partial charge on any atom is -0.480 e. The average Bonchev–Trinajstić information content (AvgIpc) is 2.60. The first-order valence-corrected chi connectivity index (χ1v) is 5.86. The lowest BCUT2D eigenvalue weighted by Gasteiger charge is -2.29. The number of hydrogen-bond donors (Lipinski definition) is 3. The second-order valence-electron chi connectivity index (χ2n) is 4.19. The van der Waals surface area contributed by atoms with Crippen molar-refractivity contribution in [1.82, 2.24) is 5.32 Å². The summed E-state index contributed by atoms with van der Waals surface area (Å²) in [6.45, 7) is 6.20. The molecular formula is C11H18ClNO3. The van der Waals surface area contributed by atoms with Gasteiger partial charge in [0.05, 0.1) is 11.5 Å². The highest BCUT2D eigenvalue weighted by molar-refractivity contribution is 6.21. The van der Waals surface area contributed by atoms with Gasteiger partial charge in [0.25, 0.3) is 0 Å². The van der Waals surface area contributed by atoms with Crippen LogP contribution in [0, 0.1) is 0 Å². The molecule has 3 unspecified atom stereocenters. The highest BCUT2D eigenvalue weighted by atomic mass is 35.5. The van der Waals surface area contributed by atoms with E-state index in [1.807, 2.05) is 6.92 Å². The molecule has 4 nitrogen and oxygen atoms in total. The zero-order valence-electron chi connectivity index (χ0n) is 9.37. The lowest BCUT2D eigenvalue weighted by molar-refractivity contribution is -0.143. The fourth-order valence-corrected chi connectivity index (χ4v) is 2.10. The second kappa shape index (κ2) is 5.17. The van der Waals surface area contributed by atoms with Crippen LogP contribution in [0.3, 0.4) is 0 Å². The number of hydrogen-bond acceptors (Lipinski definition) is 3. The number of alkyl halides is 1. The molecule has 0 spiro atoms. The SMILES string of the molecule is C=C1CCNC1(CC(O)C(Cl)CC)C(=O)O. The number of carboxylic acids is 1. The summed E-state index contributed by atoms with van der Waals surface area (Å²) in [5.74, 6) is -0.992. The molecule has 0 aromatic rings. The zero-order valence-corrected chi connectivity index (χ0v) is 10.1. The Morgan fingerprint density at radius 2 is 2.38 bits per heavy atom. The number of nitrogens with one attached hydrogen (secondary N) is 1. The predicted octanol–water partition coefficient (Wildman–Crippen LogP) is 1.13. The standard InChI is InChI=1S/C11H18ClNO3/c1-3-8(12)9(14)6-11(10(15)16)7(2)4-5-13-11/h8-9,13-14H,2-6H2,1H3,(H,15,16). The summed E-state index contributed by atoms with van der Waals surface area (Å²) in [6, 6.07) is 0. The van der Waals surface area contributed by atoms with Crippen molar-refractivity contribution >= 4 is 17.6 Å². The molecular weight excluding hydrogens is 230 g/mol. The molecule has 1 saturated heterocycles. The molecule has 0 aliphatic carbocycles. The first kappa shape index (κ1) is 13.5. The second-order valence-corrected chi connectivity index (χ2v) is 4.75. The Morgan fingerprint density at radius 1 is 1.75 bits per heavy atom. The van der Waals surface area contributed by atoms with Crippen molar-refractivity contribution in [2.75, 3.05) is 6.54 Å². The Balaban J connectivity index is 2.80. The van der Waals surface area contributed by atoms with Gasteiger partial charge in [0, 0.05) is 13.0 Å². The van der Waals surface area contributed by atoms with E-state index in [0.29, 0.717) is 25.0 Å². The number of carbonyl (C=O) groups is 1. The molecule has 0 saturated carbocycles. The normalized spacial score (nSPS) is 29.1. The van der Waals surface area contributed by atoms with E-state index in [1.165, 1.54) is 0 Å². The summed E-state index contributed by atoms with van der Waals surface area (Å²) in [5, 5.41) is 21.6. The fourth-order valence-electron chi connectivity index (χ4n) is 2.01. The maximum atomic E-state index is 11.3. The van der Waals surface area contributed by atoms with E-state index in [-0.39, 0.29) is 6.42 Å². The van der Waals surface area contributed by atoms with Crippen LogP contribution in [0.4, 0.5) is 0 Å². The van der Waals surface area contributed by atoms with Gasteiger partial charge < -0.3 is 10.2 Å². The summed E-state index contributed by atoms with van der Waals surface area (Å²) >= 11 is 5.91. The third-order valence-electron chi connectivity index (χ3n) is 3.15. The van der Waals surface area contributed by atoms with Gasteiger partial charge in [-0.1, -0.05) is 13.5 Å². The van der Waals surface area contributed by atoms with Crippen molar-refractivity contribution in [1.29, 1.82) is 0 Å². The maximum Gasteiger partial charge on any atom is 0.328 e. The molecule has 0 radical (unpaired) electrons. The molecule has 0 amide bonds. The average molecular weight is 248 g/mol. The Morgan fingerprint density at radius 3 is 2.75 bits per heavy atom. The number of rotatable bonds is 5. The number of aliphatic carboxylic acids is 1. The third kappa shape index (κ3) is 2.39. The van der Waals surface area contributed by atoms with E-state index in [0.717, 1.165) is 0 Å². The van der Waals surface area contributed by atoms with Crippen molar-refractivity contribution in [3.05, 3.63) is 12.2 Å². The highest BCUT2D eigenvalue weighted by Gasteiger charge is 2.46. The third-order valence-corrected chi connectivity index (χ3v) is 3.74. The van der Waals surface area contributed by atoms with Crippen LogP contribution in [0.15, 0.2) is 12.2 Å². The molecule has 92 valence electrons. The molecule has 1 heterocycles. The van der Waals surface area contributed by atoms with Gasteiger partial charge in [0.15, 0.2) is 0 Å². The van der Waals surface area contributed by atoms with E-state index in [1.54, 1.807) is 0 Å². The van der Waals surface area contributed by atoms with Crippen LogP contribution in [0.2, 0.25) is 0 Å². The van der Waals surface area contributed by atoms with Crippen LogP contribution in [0.25, 0.3) is 0 Å². The summed E-state index contributed by atoms with van der Waals surface area (Å²) in [5.41, 5.74) is -0.596. The van der Waals surface area contributed by atoms with Gasteiger partial charge >= 0.3 is 5.97 Å². The summed E-state index contributed by atoms with van der Waals surface area (Å²) in [7, 11) is 0. The molecule has 1 rings (SSSR count). The van der Waals surface area contributed by atoms with E-state index >= 15 is 0 Å². The van der Waals surface area contributed by atoms with Crippen LogP contribution in [0.1, 0.15) is 26.2 Å². The number of aliphatic hydroxyl groups excluding tert-OH is 1. The maximum absolute atomic E-state index is 11.3. The molecule has 0 bridgehead atoms. The van der Waals surface area contributed by atoms with E-state index in [4.69, 9.17) is 11.6 Å². The Hall–Kier alpha value is -0.580. The quantitative estimate of drug-likeness (QED) is 0.503. The van der Waals surface area contributed by atoms with Gasteiger partial charge in [0.2, 0.25) is 0 Å². The molecule has 3 N–H and O–H groups in total. The zero-order chi connectivity index (χ0) is 12.3. The van der Waals surface area contributed by atoms with Gasteiger partial charge in [-0.15, -0.1) is 11.6 Å². The Kier molecular flexibility index (Phi) is 4.35. The number of halogens is 1. The molecule has 3 atom stereocenters. The van der Waals surface area contributed by atoms with Crippen LogP contribution in [0.5, 0.6) is 0 Å². The van der Waals surface area contributed by atoms with Crippen LogP contribution in [-0.4, -0.2) is 39.7 Å². The van der Waals surface area contributed by atoms with Gasteiger partial charge in [-0.25, -0.2) is 4.79 Å².